The molecule has 0 spiro atoms. The van der Waals surface area contributed by atoms with Crippen molar-refractivity contribution in [3.63, 3.8) is 0 Å². The summed E-state index contributed by atoms with van der Waals surface area (Å²) in [6, 6.07) is -0.0531. The van der Waals surface area contributed by atoms with E-state index < -0.39 is 6.04 Å². The SMILES string of the molecule is CCCC(=O)NC(C)C(=O)NC1CC1. The maximum absolute atomic E-state index is 11.4. The van der Waals surface area contributed by atoms with E-state index in [9.17, 15) is 9.59 Å². The van der Waals surface area contributed by atoms with Gasteiger partial charge in [0, 0.05) is 12.5 Å². The molecule has 0 aromatic rings. The number of nitrogens with one attached hydrogen (secondary N) is 2. The van der Waals surface area contributed by atoms with Gasteiger partial charge in [0.05, 0.1) is 0 Å². The molecule has 4 heteroatoms. The van der Waals surface area contributed by atoms with E-state index in [4.69, 9.17) is 0 Å². The molecule has 0 saturated heterocycles. The molecule has 1 atom stereocenters. The van der Waals surface area contributed by atoms with Crippen molar-refractivity contribution in [1.82, 2.24) is 10.6 Å². The standard InChI is InChI=1S/C10H18N2O2/c1-3-4-9(13)11-7(2)10(14)12-8-5-6-8/h7-8H,3-6H2,1-2H3,(H,11,13)(H,12,14). The van der Waals surface area contributed by atoms with E-state index in [0.717, 1.165) is 19.3 Å². The van der Waals surface area contributed by atoms with Crippen molar-refractivity contribution < 1.29 is 9.59 Å². The Morgan fingerprint density at radius 2 is 2.07 bits per heavy atom. The van der Waals surface area contributed by atoms with Crippen LogP contribution in [0.4, 0.5) is 0 Å². The Kier molecular flexibility index (Phi) is 3.92. The van der Waals surface area contributed by atoms with Crippen molar-refractivity contribution in [3.8, 4) is 0 Å². The van der Waals surface area contributed by atoms with Crippen LogP contribution in [0.2, 0.25) is 0 Å². The zero-order valence-corrected chi connectivity index (χ0v) is 8.80. The molecule has 1 aliphatic rings. The first-order valence-electron chi connectivity index (χ1n) is 5.23. The fraction of sp³-hybridized carbons (Fsp3) is 0.800. The maximum Gasteiger partial charge on any atom is 0.242 e. The quantitative estimate of drug-likeness (QED) is 0.678. The lowest BCUT2D eigenvalue weighted by Crippen LogP contribution is -2.45. The fourth-order valence-electron chi connectivity index (χ4n) is 1.16. The van der Waals surface area contributed by atoms with Crippen LogP contribution >= 0.6 is 0 Å². The van der Waals surface area contributed by atoms with Crippen LogP contribution in [-0.4, -0.2) is 23.9 Å². The van der Waals surface area contributed by atoms with Gasteiger partial charge in [0.25, 0.3) is 0 Å². The number of hydrogen-bond donors (Lipinski definition) is 2. The van der Waals surface area contributed by atoms with Crippen LogP contribution in [0.25, 0.3) is 0 Å². The van der Waals surface area contributed by atoms with E-state index >= 15 is 0 Å². The predicted octanol–water partition coefficient (Wildman–Crippen LogP) is 0.570. The predicted molar refractivity (Wildman–Crippen MR) is 53.7 cm³/mol. The summed E-state index contributed by atoms with van der Waals surface area (Å²) in [4.78, 5) is 22.6. The summed E-state index contributed by atoms with van der Waals surface area (Å²) in [6.45, 7) is 3.65. The van der Waals surface area contributed by atoms with Gasteiger partial charge >= 0.3 is 0 Å². The minimum atomic E-state index is -0.408. The number of carbonyl (C=O) groups is 2. The molecule has 1 unspecified atom stereocenters. The van der Waals surface area contributed by atoms with Crippen LogP contribution in [0.5, 0.6) is 0 Å². The average Bonchev–Trinajstić information content (AvgIpc) is 2.88. The van der Waals surface area contributed by atoms with E-state index in [1.54, 1.807) is 6.92 Å². The van der Waals surface area contributed by atoms with Crippen LogP contribution in [0.3, 0.4) is 0 Å². The number of amides is 2. The molecule has 0 aromatic heterocycles. The van der Waals surface area contributed by atoms with Gasteiger partial charge in [-0.05, 0) is 26.2 Å². The molecule has 80 valence electrons. The third kappa shape index (κ3) is 3.77. The molecule has 2 amide bonds. The molecule has 1 rings (SSSR count). The Hall–Kier alpha value is -1.06. The van der Waals surface area contributed by atoms with Gasteiger partial charge in [-0.15, -0.1) is 0 Å². The van der Waals surface area contributed by atoms with Crippen LogP contribution in [0, 0.1) is 0 Å². The lowest BCUT2D eigenvalue weighted by Gasteiger charge is -2.13. The molecule has 2 N–H and O–H groups in total. The molecule has 0 aliphatic heterocycles. The Balaban J connectivity index is 2.21. The lowest BCUT2D eigenvalue weighted by atomic mass is 10.2. The van der Waals surface area contributed by atoms with Gasteiger partial charge < -0.3 is 10.6 Å². The summed E-state index contributed by atoms with van der Waals surface area (Å²) in [5, 5.41) is 5.51. The number of carbonyl (C=O) groups excluding carboxylic acids is 2. The number of hydrogen-bond acceptors (Lipinski definition) is 2. The van der Waals surface area contributed by atoms with Crippen LogP contribution < -0.4 is 10.6 Å². The number of rotatable bonds is 5. The molecule has 4 nitrogen and oxygen atoms in total. The second kappa shape index (κ2) is 4.98. The van der Waals surface area contributed by atoms with Crippen molar-refractivity contribution in [2.75, 3.05) is 0 Å². The van der Waals surface area contributed by atoms with Gasteiger partial charge in [0.1, 0.15) is 6.04 Å². The van der Waals surface area contributed by atoms with Gasteiger partial charge in [0.2, 0.25) is 11.8 Å². The second-order valence-electron chi connectivity index (χ2n) is 3.82. The summed E-state index contributed by atoms with van der Waals surface area (Å²) in [7, 11) is 0. The van der Waals surface area contributed by atoms with E-state index in [0.29, 0.717) is 12.5 Å². The van der Waals surface area contributed by atoms with Gasteiger partial charge in [0.15, 0.2) is 0 Å². The Morgan fingerprint density at radius 1 is 1.43 bits per heavy atom. The van der Waals surface area contributed by atoms with E-state index in [-0.39, 0.29) is 11.8 Å². The monoisotopic (exact) mass is 198 g/mol. The first-order valence-corrected chi connectivity index (χ1v) is 5.23. The van der Waals surface area contributed by atoms with Gasteiger partial charge in [-0.1, -0.05) is 6.92 Å². The van der Waals surface area contributed by atoms with Crippen LogP contribution in [0.1, 0.15) is 39.5 Å². The Bertz CT molecular complexity index is 224. The molecule has 1 fully saturated rings. The van der Waals surface area contributed by atoms with Crippen molar-refractivity contribution in [2.24, 2.45) is 0 Å². The smallest absolute Gasteiger partial charge is 0.242 e. The average molecular weight is 198 g/mol. The normalized spacial score (nSPS) is 17.3. The van der Waals surface area contributed by atoms with Gasteiger partial charge in [-0.25, -0.2) is 0 Å². The van der Waals surface area contributed by atoms with Crippen LogP contribution in [0.15, 0.2) is 0 Å². The Labute approximate surface area is 84.4 Å². The second-order valence-corrected chi connectivity index (χ2v) is 3.82. The summed E-state index contributed by atoms with van der Waals surface area (Å²) < 4.78 is 0. The summed E-state index contributed by atoms with van der Waals surface area (Å²) in [5.74, 6) is -0.122. The minimum Gasteiger partial charge on any atom is -0.352 e. The van der Waals surface area contributed by atoms with Crippen molar-refractivity contribution >= 4 is 11.8 Å². The molecule has 1 aliphatic carbocycles. The molecule has 1 saturated carbocycles. The highest BCUT2D eigenvalue weighted by Gasteiger charge is 2.25. The first kappa shape index (κ1) is 11.0. The lowest BCUT2D eigenvalue weighted by molar-refractivity contribution is -0.128. The first-order chi connectivity index (χ1) is 6.63. The zero-order valence-electron chi connectivity index (χ0n) is 8.80. The maximum atomic E-state index is 11.4. The van der Waals surface area contributed by atoms with E-state index in [1.165, 1.54) is 0 Å². The van der Waals surface area contributed by atoms with Crippen molar-refractivity contribution in [3.05, 3.63) is 0 Å². The third-order valence-electron chi connectivity index (χ3n) is 2.17. The Morgan fingerprint density at radius 3 is 2.57 bits per heavy atom. The third-order valence-corrected chi connectivity index (χ3v) is 2.17. The molecule has 0 radical (unpaired) electrons. The molecular formula is C10H18N2O2. The zero-order chi connectivity index (χ0) is 10.6. The van der Waals surface area contributed by atoms with E-state index in [2.05, 4.69) is 10.6 Å². The summed E-state index contributed by atoms with van der Waals surface area (Å²) in [6.07, 6.45) is 3.44. The molecule has 0 aromatic carbocycles. The van der Waals surface area contributed by atoms with Crippen molar-refractivity contribution in [2.45, 2.75) is 51.6 Å². The highest BCUT2D eigenvalue weighted by Crippen LogP contribution is 2.18. The summed E-state index contributed by atoms with van der Waals surface area (Å²) in [5.41, 5.74) is 0. The highest BCUT2D eigenvalue weighted by atomic mass is 16.2. The molecule has 14 heavy (non-hydrogen) atoms. The summed E-state index contributed by atoms with van der Waals surface area (Å²) >= 11 is 0. The fourth-order valence-corrected chi connectivity index (χ4v) is 1.16. The van der Waals surface area contributed by atoms with Crippen molar-refractivity contribution in [1.29, 1.82) is 0 Å². The van der Waals surface area contributed by atoms with Crippen LogP contribution in [-0.2, 0) is 9.59 Å². The highest BCUT2D eigenvalue weighted by molar-refractivity contribution is 5.87. The molecule has 0 heterocycles. The molecular weight excluding hydrogens is 180 g/mol. The van der Waals surface area contributed by atoms with Gasteiger partial charge in [-0.2, -0.15) is 0 Å². The van der Waals surface area contributed by atoms with E-state index in [1.807, 2.05) is 6.92 Å². The largest absolute Gasteiger partial charge is 0.352 e. The minimum absolute atomic E-state index is 0.0500. The topological polar surface area (TPSA) is 58.2 Å². The van der Waals surface area contributed by atoms with Gasteiger partial charge in [-0.3, -0.25) is 9.59 Å². The molecule has 0 bridgehead atoms.